The van der Waals surface area contributed by atoms with E-state index in [0.717, 1.165) is 5.56 Å². The Bertz CT molecular complexity index is 572. The number of hydrogen-bond acceptors (Lipinski definition) is 2. The van der Waals surface area contributed by atoms with Crippen molar-refractivity contribution in [3.63, 3.8) is 0 Å². The normalized spacial score (nSPS) is 10.4. The van der Waals surface area contributed by atoms with Crippen molar-refractivity contribution < 1.29 is 9.18 Å². The monoisotopic (exact) mass is 277 g/mol. The summed E-state index contributed by atoms with van der Waals surface area (Å²) in [5.74, 6) is -0.389. The van der Waals surface area contributed by atoms with Crippen molar-refractivity contribution in [3.8, 4) is 0 Å². The third kappa shape index (κ3) is 4.14. The number of carbonyl (C=O) groups is 1. The highest BCUT2D eigenvalue weighted by molar-refractivity contribution is 6.30. The maximum Gasteiger partial charge on any atom is 0.137 e. The molecule has 2 aromatic rings. The molecule has 0 aliphatic rings. The van der Waals surface area contributed by atoms with Crippen LogP contribution in [0, 0.1) is 5.82 Å². The average Bonchev–Trinajstić information content (AvgIpc) is 2.42. The van der Waals surface area contributed by atoms with E-state index in [9.17, 15) is 9.18 Å². The van der Waals surface area contributed by atoms with Gasteiger partial charge >= 0.3 is 0 Å². The Morgan fingerprint density at radius 1 is 1.21 bits per heavy atom. The molecule has 0 unspecified atom stereocenters. The van der Waals surface area contributed by atoms with Gasteiger partial charge in [0.05, 0.1) is 0 Å². The van der Waals surface area contributed by atoms with Crippen LogP contribution in [0.4, 0.5) is 4.39 Å². The van der Waals surface area contributed by atoms with Gasteiger partial charge in [0.2, 0.25) is 0 Å². The molecule has 0 saturated heterocycles. The van der Waals surface area contributed by atoms with E-state index in [0.29, 0.717) is 23.4 Å². The number of pyridine rings is 1. The summed E-state index contributed by atoms with van der Waals surface area (Å²) >= 11 is 5.79. The highest BCUT2D eigenvalue weighted by Gasteiger charge is 2.09. The van der Waals surface area contributed by atoms with Crippen LogP contribution in [-0.2, 0) is 17.6 Å². The quantitative estimate of drug-likeness (QED) is 0.835. The Morgan fingerprint density at radius 3 is 2.68 bits per heavy atom. The van der Waals surface area contributed by atoms with E-state index in [1.54, 1.807) is 12.4 Å². The van der Waals surface area contributed by atoms with Gasteiger partial charge in [-0.15, -0.1) is 0 Å². The van der Waals surface area contributed by atoms with E-state index in [2.05, 4.69) is 4.98 Å². The Labute approximate surface area is 116 Å². The molecule has 0 saturated carbocycles. The summed E-state index contributed by atoms with van der Waals surface area (Å²) in [6.07, 6.45) is 4.49. The first-order valence-electron chi connectivity index (χ1n) is 5.99. The summed E-state index contributed by atoms with van der Waals surface area (Å²) in [4.78, 5) is 15.7. The van der Waals surface area contributed by atoms with Crippen LogP contribution in [0.15, 0.2) is 42.7 Å². The van der Waals surface area contributed by atoms with Crippen LogP contribution in [0.2, 0.25) is 5.02 Å². The molecule has 0 atom stereocenters. The number of rotatable bonds is 5. The number of nitrogens with zero attached hydrogens (tertiary/aromatic N) is 1. The van der Waals surface area contributed by atoms with E-state index in [1.165, 1.54) is 18.2 Å². The van der Waals surface area contributed by atoms with Gasteiger partial charge in [-0.1, -0.05) is 11.6 Å². The third-order valence-corrected chi connectivity index (χ3v) is 3.07. The minimum atomic E-state index is -0.387. The molecule has 98 valence electrons. The second-order valence-corrected chi connectivity index (χ2v) is 4.74. The van der Waals surface area contributed by atoms with Crippen molar-refractivity contribution >= 4 is 17.4 Å². The van der Waals surface area contributed by atoms with Crippen LogP contribution in [-0.4, -0.2) is 10.8 Å². The molecule has 4 heteroatoms. The van der Waals surface area contributed by atoms with Gasteiger partial charge in [0.25, 0.3) is 0 Å². The Kier molecular flexibility index (Phi) is 4.63. The lowest BCUT2D eigenvalue weighted by Crippen LogP contribution is -2.06. The lowest BCUT2D eigenvalue weighted by atomic mass is 10.0. The maximum atomic E-state index is 13.5. The van der Waals surface area contributed by atoms with Crippen LogP contribution < -0.4 is 0 Å². The Hall–Kier alpha value is -1.74. The molecule has 2 nitrogen and oxygen atoms in total. The standard InChI is InChI=1S/C15H13ClFNO/c16-13-2-4-15(17)12(9-13)10-14(19)3-1-11-5-7-18-8-6-11/h2,4-9H,1,3,10H2. The van der Waals surface area contributed by atoms with Gasteiger partial charge in [-0.25, -0.2) is 4.39 Å². The van der Waals surface area contributed by atoms with Crippen LogP contribution in [0.3, 0.4) is 0 Å². The first-order chi connectivity index (χ1) is 9.15. The Morgan fingerprint density at radius 2 is 1.95 bits per heavy atom. The molecule has 0 aliphatic carbocycles. The zero-order chi connectivity index (χ0) is 13.7. The second kappa shape index (κ2) is 6.43. The lowest BCUT2D eigenvalue weighted by Gasteiger charge is -2.04. The molecule has 0 radical (unpaired) electrons. The van der Waals surface area contributed by atoms with E-state index >= 15 is 0 Å². The number of halogens is 2. The minimum absolute atomic E-state index is 0.00187. The number of ketones is 1. The molecular weight excluding hydrogens is 265 g/mol. The Balaban J connectivity index is 1.93. The van der Waals surface area contributed by atoms with Crippen LogP contribution >= 0.6 is 11.6 Å². The molecule has 0 spiro atoms. The minimum Gasteiger partial charge on any atom is -0.299 e. The number of aryl methyl sites for hydroxylation is 1. The van der Waals surface area contributed by atoms with Gasteiger partial charge in [0, 0.05) is 30.3 Å². The summed E-state index contributed by atoms with van der Waals surface area (Å²) in [5, 5.41) is 0.443. The maximum absolute atomic E-state index is 13.5. The summed E-state index contributed by atoms with van der Waals surface area (Å²) in [6.45, 7) is 0. The molecule has 0 bridgehead atoms. The predicted molar refractivity (Wildman–Crippen MR) is 72.7 cm³/mol. The molecule has 0 aliphatic heterocycles. The highest BCUT2D eigenvalue weighted by Crippen LogP contribution is 2.16. The number of Topliss-reactive ketones (excluding diaryl/α,β-unsaturated/α-hetero) is 1. The second-order valence-electron chi connectivity index (χ2n) is 4.31. The van der Waals surface area contributed by atoms with Gasteiger partial charge in [-0.3, -0.25) is 9.78 Å². The summed E-state index contributed by atoms with van der Waals surface area (Å²) in [5.41, 5.74) is 1.40. The molecule has 1 aromatic carbocycles. The predicted octanol–water partition coefficient (Wildman–Crippen LogP) is 3.62. The van der Waals surface area contributed by atoms with Gasteiger partial charge in [-0.2, -0.15) is 0 Å². The van der Waals surface area contributed by atoms with E-state index in [-0.39, 0.29) is 18.0 Å². The fourth-order valence-corrected chi connectivity index (χ4v) is 2.01. The lowest BCUT2D eigenvalue weighted by molar-refractivity contribution is -0.118. The fourth-order valence-electron chi connectivity index (χ4n) is 1.81. The van der Waals surface area contributed by atoms with Crippen molar-refractivity contribution in [1.82, 2.24) is 4.98 Å². The first kappa shape index (κ1) is 13.7. The van der Waals surface area contributed by atoms with Gasteiger partial charge < -0.3 is 0 Å². The smallest absolute Gasteiger partial charge is 0.137 e. The number of hydrogen-bond donors (Lipinski definition) is 0. The summed E-state index contributed by atoms with van der Waals surface area (Å²) in [7, 11) is 0. The molecule has 0 amide bonds. The number of aromatic nitrogens is 1. The SMILES string of the molecule is O=C(CCc1ccncc1)Cc1cc(Cl)ccc1F. The van der Waals surface area contributed by atoms with E-state index in [1.807, 2.05) is 12.1 Å². The molecule has 1 heterocycles. The van der Waals surface area contributed by atoms with Crippen molar-refractivity contribution in [2.24, 2.45) is 0 Å². The summed E-state index contributed by atoms with van der Waals surface area (Å²) in [6, 6.07) is 8.00. The molecular formula is C15H13ClFNO. The van der Waals surface area contributed by atoms with Crippen molar-refractivity contribution in [2.75, 3.05) is 0 Å². The van der Waals surface area contributed by atoms with Crippen molar-refractivity contribution in [1.29, 1.82) is 0 Å². The summed E-state index contributed by atoms with van der Waals surface area (Å²) < 4.78 is 13.5. The molecule has 0 N–H and O–H groups in total. The van der Waals surface area contributed by atoms with E-state index < -0.39 is 0 Å². The highest BCUT2D eigenvalue weighted by atomic mass is 35.5. The van der Waals surface area contributed by atoms with Gasteiger partial charge in [0.1, 0.15) is 11.6 Å². The topological polar surface area (TPSA) is 30.0 Å². The van der Waals surface area contributed by atoms with Crippen LogP contribution in [0.25, 0.3) is 0 Å². The molecule has 2 rings (SSSR count). The molecule has 1 aromatic heterocycles. The first-order valence-corrected chi connectivity index (χ1v) is 6.37. The van der Waals surface area contributed by atoms with Crippen LogP contribution in [0.5, 0.6) is 0 Å². The van der Waals surface area contributed by atoms with Crippen molar-refractivity contribution in [2.45, 2.75) is 19.3 Å². The number of benzene rings is 1. The molecule has 0 fully saturated rings. The zero-order valence-electron chi connectivity index (χ0n) is 10.3. The molecule has 19 heavy (non-hydrogen) atoms. The van der Waals surface area contributed by atoms with Crippen molar-refractivity contribution in [3.05, 3.63) is 64.7 Å². The fraction of sp³-hybridized carbons (Fsp3) is 0.200. The number of carbonyl (C=O) groups excluding carboxylic acids is 1. The van der Waals surface area contributed by atoms with Gasteiger partial charge in [0.15, 0.2) is 0 Å². The zero-order valence-corrected chi connectivity index (χ0v) is 11.0. The van der Waals surface area contributed by atoms with E-state index in [4.69, 9.17) is 11.6 Å². The van der Waals surface area contributed by atoms with Gasteiger partial charge in [-0.05, 0) is 47.9 Å². The average molecular weight is 278 g/mol. The third-order valence-electron chi connectivity index (χ3n) is 2.84. The van der Waals surface area contributed by atoms with Crippen LogP contribution in [0.1, 0.15) is 17.5 Å². The largest absolute Gasteiger partial charge is 0.299 e.